The van der Waals surface area contributed by atoms with Gasteiger partial charge in [-0.25, -0.2) is 0 Å². The van der Waals surface area contributed by atoms with E-state index in [2.05, 4.69) is 82.8 Å². The molecule has 6 heteroatoms. The third kappa shape index (κ3) is 4.15. The van der Waals surface area contributed by atoms with Crippen LogP contribution >= 0.6 is 0 Å². The standard InChI is InChI=1S/C26H37BO4Si/c1-7-19(2)26(23(29-6)22(28)24(27)31-26)18-30-32(25(3,4)5,20-14-10-8-11-15-20)21-16-12-9-13-17-21/h7-17,19,22-24,28H,1,18,27H2,2-6H3/t19?,22-,23+,24-,26+/m1/s1. The predicted octanol–water partition coefficient (Wildman–Crippen LogP) is 2.49. The Morgan fingerprint density at radius 2 is 1.62 bits per heavy atom. The molecule has 0 amide bonds. The summed E-state index contributed by atoms with van der Waals surface area (Å²) < 4.78 is 19.4. The molecule has 1 unspecified atom stereocenters. The van der Waals surface area contributed by atoms with Gasteiger partial charge in [-0.05, 0) is 15.4 Å². The second kappa shape index (κ2) is 9.66. The highest BCUT2D eigenvalue weighted by Crippen LogP contribution is 2.42. The van der Waals surface area contributed by atoms with E-state index in [1.54, 1.807) is 7.11 Å². The third-order valence-electron chi connectivity index (χ3n) is 6.99. The van der Waals surface area contributed by atoms with Crippen molar-refractivity contribution in [3.63, 3.8) is 0 Å². The van der Waals surface area contributed by atoms with E-state index in [0.29, 0.717) is 6.61 Å². The van der Waals surface area contributed by atoms with Gasteiger partial charge in [-0.1, -0.05) is 94.4 Å². The van der Waals surface area contributed by atoms with Crippen LogP contribution in [0.25, 0.3) is 0 Å². The first-order valence-corrected chi connectivity index (χ1v) is 13.3. The van der Waals surface area contributed by atoms with Crippen molar-refractivity contribution >= 4 is 26.5 Å². The lowest BCUT2D eigenvalue weighted by atomic mass is 9.82. The molecule has 172 valence electrons. The van der Waals surface area contributed by atoms with E-state index in [0.717, 1.165) is 0 Å². The Labute approximate surface area is 195 Å². The molecule has 32 heavy (non-hydrogen) atoms. The lowest BCUT2D eigenvalue weighted by Gasteiger charge is -2.46. The van der Waals surface area contributed by atoms with Gasteiger partial charge < -0.3 is 19.0 Å². The van der Waals surface area contributed by atoms with Gasteiger partial charge in [0.15, 0.2) is 0 Å². The molecule has 4 nitrogen and oxygen atoms in total. The molecule has 0 spiro atoms. The summed E-state index contributed by atoms with van der Waals surface area (Å²) in [4.78, 5) is 0. The quantitative estimate of drug-likeness (QED) is 0.494. The van der Waals surface area contributed by atoms with Crippen molar-refractivity contribution in [2.75, 3.05) is 13.7 Å². The smallest absolute Gasteiger partial charge is 0.261 e. The first-order valence-electron chi connectivity index (χ1n) is 11.4. The Morgan fingerprint density at radius 1 is 1.12 bits per heavy atom. The van der Waals surface area contributed by atoms with Gasteiger partial charge in [0.05, 0.1) is 12.6 Å². The number of aliphatic hydroxyl groups excluding tert-OH is 1. The van der Waals surface area contributed by atoms with Gasteiger partial charge in [0.1, 0.15) is 25.7 Å². The fourth-order valence-electron chi connectivity index (χ4n) is 5.15. The minimum absolute atomic E-state index is 0.0785. The van der Waals surface area contributed by atoms with Gasteiger partial charge in [-0.15, -0.1) is 6.58 Å². The van der Waals surface area contributed by atoms with E-state index in [-0.39, 0.29) is 17.0 Å². The van der Waals surface area contributed by atoms with Gasteiger partial charge in [0, 0.05) is 13.0 Å². The van der Waals surface area contributed by atoms with Crippen molar-refractivity contribution < 1.29 is 19.0 Å². The molecule has 0 aliphatic carbocycles. The molecule has 2 aromatic rings. The summed E-state index contributed by atoms with van der Waals surface area (Å²) in [6.45, 7) is 13.1. The second-order valence-corrected chi connectivity index (χ2v) is 14.2. The maximum atomic E-state index is 10.8. The van der Waals surface area contributed by atoms with E-state index >= 15 is 0 Å². The van der Waals surface area contributed by atoms with Gasteiger partial charge in [0.2, 0.25) is 0 Å². The minimum atomic E-state index is -2.76. The summed E-state index contributed by atoms with van der Waals surface area (Å²) in [6, 6.07) is 20.7. The summed E-state index contributed by atoms with van der Waals surface area (Å²) in [7, 11) is 0.753. The molecule has 2 aromatic carbocycles. The molecule has 5 atom stereocenters. The highest BCUT2D eigenvalue weighted by Gasteiger charge is 2.58. The van der Waals surface area contributed by atoms with Crippen LogP contribution in [-0.2, 0) is 13.9 Å². The van der Waals surface area contributed by atoms with E-state index in [4.69, 9.17) is 13.9 Å². The second-order valence-electron chi connectivity index (χ2n) is 9.90. The average molecular weight is 452 g/mol. The molecule has 1 fully saturated rings. The maximum Gasteiger partial charge on any atom is 0.261 e. The van der Waals surface area contributed by atoms with Gasteiger partial charge in [-0.2, -0.15) is 0 Å². The molecule has 1 heterocycles. The fraction of sp³-hybridized carbons (Fsp3) is 0.462. The van der Waals surface area contributed by atoms with Crippen molar-refractivity contribution in [1.82, 2.24) is 0 Å². The summed E-state index contributed by atoms with van der Waals surface area (Å²) >= 11 is 0. The minimum Gasteiger partial charge on any atom is -0.404 e. The number of methoxy groups -OCH3 is 1. The topological polar surface area (TPSA) is 47.9 Å². The van der Waals surface area contributed by atoms with Crippen LogP contribution in [0, 0.1) is 5.92 Å². The summed E-state index contributed by atoms with van der Waals surface area (Å²) in [6.07, 6.45) is 0.625. The van der Waals surface area contributed by atoms with Crippen LogP contribution in [0.5, 0.6) is 0 Å². The Kier molecular flexibility index (Phi) is 7.52. The Morgan fingerprint density at radius 3 is 2.03 bits per heavy atom. The van der Waals surface area contributed by atoms with Crippen molar-refractivity contribution in [1.29, 1.82) is 0 Å². The molecule has 1 N–H and O–H groups in total. The average Bonchev–Trinajstić information content (AvgIpc) is 3.04. The number of ether oxygens (including phenoxy) is 2. The Balaban J connectivity index is 2.16. The number of rotatable bonds is 8. The van der Waals surface area contributed by atoms with Crippen molar-refractivity contribution in [2.24, 2.45) is 5.92 Å². The lowest BCUT2D eigenvalue weighted by molar-refractivity contribution is -0.128. The highest BCUT2D eigenvalue weighted by molar-refractivity contribution is 6.99. The number of aliphatic hydroxyl groups is 1. The molecule has 1 saturated heterocycles. The van der Waals surface area contributed by atoms with Crippen molar-refractivity contribution in [3.8, 4) is 0 Å². The normalized spacial score (nSPS) is 27.2. The number of hydrogen-bond donors (Lipinski definition) is 1. The zero-order chi connectivity index (χ0) is 23.6. The summed E-state index contributed by atoms with van der Waals surface area (Å²) in [5.41, 5.74) is -0.831. The van der Waals surface area contributed by atoms with E-state index in [1.165, 1.54) is 10.4 Å². The molecule has 0 bridgehead atoms. The molecular formula is C26H37BO4Si. The van der Waals surface area contributed by atoms with Crippen LogP contribution in [0.1, 0.15) is 27.7 Å². The summed E-state index contributed by atoms with van der Waals surface area (Å²) in [5, 5.41) is 13.1. The monoisotopic (exact) mass is 452 g/mol. The zero-order valence-electron chi connectivity index (χ0n) is 20.2. The van der Waals surface area contributed by atoms with Crippen molar-refractivity contribution in [3.05, 3.63) is 73.3 Å². The van der Waals surface area contributed by atoms with Gasteiger partial charge in [0.25, 0.3) is 8.32 Å². The van der Waals surface area contributed by atoms with E-state index in [1.807, 2.05) is 26.1 Å². The van der Waals surface area contributed by atoms with Crippen LogP contribution in [0.4, 0.5) is 0 Å². The third-order valence-corrected chi connectivity index (χ3v) is 12.0. The van der Waals surface area contributed by atoms with Crippen LogP contribution < -0.4 is 10.4 Å². The summed E-state index contributed by atoms with van der Waals surface area (Å²) in [5.74, 6) is -0.0785. The number of benzene rings is 2. The van der Waals surface area contributed by atoms with Crippen LogP contribution in [-0.4, -0.2) is 58.8 Å². The zero-order valence-corrected chi connectivity index (χ0v) is 21.2. The highest BCUT2D eigenvalue weighted by atomic mass is 28.4. The first-order chi connectivity index (χ1) is 15.1. The molecular weight excluding hydrogens is 415 g/mol. The van der Waals surface area contributed by atoms with Crippen LogP contribution in [0.2, 0.25) is 5.04 Å². The Hall–Kier alpha value is -1.70. The molecule has 0 saturated carbocycles. The molecule has 1 aliphatic rings. The fourth-order valence-corrected chi connectivity index (χ4v) is 9.75. The van der Waals surface area contributed by atoms with E-state index in [9.17, 15) is 5.11 Å². The van der Waals surface area contributed by atoms with Crippen LogP contribution in [0.3, 0.4) is 0 Å². The molecule has 3 rings (SSSR count). The molecule has 0 aromatic heterocycles. The SMILES string of the molecule is B[C@@H]1O[C@@](CO[Si](c2ccccc2)(c2ccccc2)C(C)(C)C)(C(C)C=C)[C@@H](OC)[C@H]1O. The molecule has 0 radical (unpaired) electrons. The molecule has 1 aliphatic heterocycles. The largest absolute Gasteiger partial charge is 0.404 e. The predicted molar refractivity (Wildman–Crippen MR) is 136 cm³/mol. The Bertz CT molecular complexity index is 846. The first kappa shape index (κ1) is 24.9. The van der Waals surface area contributed by atoms with E-state index < -0.39 is 26.1 Å². The van der Waals surface area contributed by atoms with Crippen molar-refractivity contribution in [2.45, 2.75) is 56.5 Å². The van der Waals surface area contributed by atoms with Gasteiger partial charge >= 0.3 is 0 Å². The number of hydrogen-bond acceptors (Lipinski definition) is 4. The van der Waals surface area contributed by atoms with Crippen LogP contribution in [0.15, 0.2) is 73.3 Å². The lowest BCUT2D eigenvalue weighted by Crippen LogP contribution is -2.68. The maximum absolute atomic E-state index is 10.8. The van der Waals surface area contributed by atoms with Gasteiger partial charge in [-0.3, -0.25) is 0 Å².